The number of piperidine rings is 1. The lowest BCUT2D eigenvalue weighted by Crippen LogP contribution is -2.34. The summed E-state index contributed by atoms with van der Waals surface area (Å²) in [5, 5.41) is 3.31. The van der Waals surface area contributed by atoms with Gasteiger partial charge in [0, 0.05) is 11.6 Å². The van der Waals surface area contributed by atoms with Gasteiger partial charge in [-0.1, -0.05) is 0 Å². The zero-order chi connectivity index (χ0) is 19.5. The van der Waals surface area contributed by atoms with Crippen molar-refractivity contribution in [1.82, 2.24) is 14.7 Å². The van der Waals surface area contributed by atoms with Gasteiger partial charge in [-0.25, -0.2) is 4.98 Å². The largest absolute Gasteiger partial charge is 0.493 e. The highest BCUT2D eigenvalue weighted by Crippen LogP contribution is 2.31. The standard InChI is InChI=1S/C21H23N3O4/c1-26-18-5-3-14(11-19(18)27-2)17-12-21(25)24-13-16(4-6-20(24)23-17)28-15-7-9-22-10-8-15/h3-6,11-13,15,22H,7-10H2,1-2H3. The summed E-state index contributed by atoms with van der Waals surface area (Å²) in [7, 11) is 3.16. The van der Waals surface area contributed by atoms with Crippen molar-refractivity contribution in [2.24, 2.45) is 0 Å². The Morgan fingerprint density at radius 2 is 1.82 bits per heavy atom. The second-order valence-electron chi connectivity index (χ2n) is 6.71. The average molecular weight is 381 g/mol. The van der Waals surface area contributed by atoms with E-state index in [9.17, 15) is 4.79 Å². The lowest BCUT2D eigenvalue weighted by atomic mass is 10.1. The fraction of sp³-hybridized carbons (Fsp3) is 0.333. The van der Waals surface area contributed by atoms with Crippen molar-refractivity contribution in [2.45, 2.75) is 18.9 Å². The maximum absolute atomic E-state index is 12.7. The van der Waals surface area contributed by atoms with Gasteiger partial charge in [-0.15, -0.1) is 0 Å². The number of nitrogens with zero attached hydrogens (tertiary/aromatic N) is 2. The number of benzene rings is 1. The second-order valence-corrected chi connectivity index (χ2v) is 6.71. The third kappa shape index (κ3) is 3.66. The molecule has 28 heavy (non-hydrogen) atoms. The molecule has 0 unspecified atom stereocenters. The van der Waals surface area contributed by atoms with Crippen LogP contribution in [0.3, 0.4) is 0 Å². The molecule has 7 heteroatoms. The molecule has 7 nitrogen and oxygen atoms in total. The van der Waals surface area contributed by atoms with Gasteiger partial charge in [-0.3, -0.25) is 9.20 Å². The van der Waals surface area contributed by atoms with E-state index in [1.54, 1.807) is 26.5 Å². The average Bonchev–Trinajstić information content (AvgIpc) is 2.74. The van der Waals surface area contributed by atoms with Gasteiger partial charge < -0.3 is 19.5 Å². The minimum absolute atomic E-state index is 0.162. The number of fused-ring (bicyclic) bond motifs is 1. The molecule has 1 N–H and O–H groups in total. The molecule has 0 atom stereocenters. The highest BCUT2D eigenvalue weighted by atomic mass is 16.5. The van der Waals surface area contributed by atoms with Crippen LogP contribution in [0.25, 0.3) is 16.9 Å². The number of nitrogens with one attached hydrogen (secondary N) is 1. The maximum Gasteiger partial charge on any atom is 0.258 e. The Bertz CT molecular complexity index is 1040. The van der Waals surface area contributed by atoms with Crippen LogP contribution in [0.1, 0.15) is 12.8 Å². The smallest absolute Gasteiger partial charge is 0.258 e. The van der Waals surface area contributed by atoms with Gasteiger partial charge >= 0.3 is 0 Å². The SMILES string of the molecule is COc1ccc(-c2cc(=O)n3cc(OC4CCNCC4)ccc3n2)cc1OC. The summed E-state index contributed by atoms with van der Waals surface area (Å²) in [5.74, 6) is 1.90. The van der Waals surface area contributed by atoms with Crippen LogP contribution in [0.5, 0.6) is 17.2 Å². The number of rotatable bonds is 5. The van der Waals surface area contributed by atoms with E-state index >= 15 is 0 Å². The zero-order valence-electron chi connectivity index (χ0n) is 16.0. The fourth-order valence-corrected chi connectivity index (χ4v) is 3.40. The van der Waals surface area contributed by atoms with E-state index in [4.69, 9.17) is 14.2 Å². The molecular formula is C21H23N3O4. The molecule has 1 aliphatic rings. The van der Waals surface area contributed by atoms with Crippen LogP contribution >= 0.6 is 0 Å². The molecule has 1 aliphatic heterocycles. The number of aromatic nitrogens is 2. The summed E-state index contributed by atoms with van der Waals surface area (Å²) < 4.78 is 18.2. The summed E-state index contributed by atoms with van der Waals surface area (Å²) >= 11 is 0. The first kappa shape index (κ1) is 18.3. The summed E-state index contributed by atoms with van der Waals surface area (Å²) in [5.41, 5.74) is 1.77. The lowest BCUT2D eigenvalue weighted by molar-refractivity contribution is 0.162. The fourth-order valence-electron chi connectivity index (χ4n) is 3.40. The topological polar surface area (TPSA) is 74.1 Å². The van der Waals surface area contributed by atoms with Crippen LogP contribution in [0, 0.1) is 0 Å². The van der Waals surface area contributed by atoms with Crippen molar-refractivity contribution >= 4 is 5.65 Å². The number of hydrogen-bond donors (Lipinski definition) is 1. The molecule has 146 valence electrons. The first-order valence-corrected chi connectivity index (χ1v) is 9.31. The van der Waals surface area contributed by atoms with E-state index in [2.05, 4.69) is 10.3 Å². The molecule has 0 saturated carbocycles. The van der Waals surface area contributed by atoms with Crippen molar-refractivity contribution < 1.29 is 14.2 Å². The first-order valence-electron chi connectivity index (χ1n) is 9.31. The van der Waals surface area contributed by atoms with Crippen LogP contribution in [-0.4, -0.2) is 42.8 Å². The van der Waals surface area contributed by atoms with E-state index in [0.717, 1.165) is 31.5 Å². The minimum Gasteiger partial charge on any atom is -0.493 e. The molecular weight excluding hydrogens is 358 g/mol. The van der Waals surface area contributed by atoms with Crippen molar-refractivity contribution in [1.29, 1.82) is 0 Å². The van der Waals surface area contributed by atoms with Gasteiger partial charge in [0.1, 0.15) is 17.5 Å². The number of ether oxygens (including phenoxy) is 3. The monoisotopic (exact) mass is 381 g/mol. The molecule has 3 aromatic rings. The van der Waals surface area contributed by atoms with Gasteiger partial charge in [0.25, 0.3) is 5.56 Å². The predicted molar refractivity (Wildman–Crippen MR) is 107 cm³/mol. The van der Waals surface area contributed by atoms with Crippen molar-refractivity contribution in [3.63, 3.8) is 0 Å². The zero-order valence-corrected chi connectivity index (χ0v) is 16.0. The summed E-state index contributed by atoms with van der Waals surface area (Å²) in [6, 6.07) is 10.7. The van der Waals surface area contributed by atoms with Crippen LogP contribution in [-0.2, 0) is 0 Å². The van der Waals surface area contributed by atoms with Gasteiger partial charge in [0.2, 0.25) is 0 Å². The van der Waals surface area contributed by atoms with Gasteiger partial charge in [0.15, 0.2) is 11.5 Å². The normalized spacial score (nSPS) is 14.8. The van der Waals surface area contributed by atoms with Crippen LogP contribution in [0.4, 0.5) is 0 Å². The lowest BCUT2D eigenvalue weighted by Gasteiger charge is -2.23. The highest BCUT2D eigenvalue weighted by molar-refractivity contribution is 5.65. The summed E-state index contributed by atoms with van der Waals surface area (Å²) in [4.78, 5) is 17.3. The second kappa shape index (κ2) is 7.90. The molecule has 1 saturated heterocycles. The molecule has 0 spiro atoms. The third-order valence-electron chi connectivity index (χ3n) is 4.90. The molecule has 0 radical (unpaired) electrons. The van der Waals surface area contributed by atoms with Gasteiger partial charge in [0.05, 0.1) is 26.1 Å². The highest BCUT2D eigenvalue weighted by Gasteiger charge is 2.15. The van der Waals surface area contributed by atoms with E-state index in [0.29, 0.717) is 28.6 Å². The summed E-state index contributed by atoms with van der Waals surface area (Å²) in [6.07, 6.45) is 3.81. The number of methoxy groups -OCH3 is 2. The van der Waals surface area contributed by atoms with E-state index < -0.39 is 0 Å². The van der Waals surface area contributed by atoms with Crippen LogP contribution < -0.4 is 25.1 Å². The van der Waals surface area contributed by atoms with Gasteiger partial charge in [-0.2, -0.15) is 0 Å². The van der Waals surface area contributed by atoms with Crippen molar-refractivity contribution in [3.8, 4) is 28.5 Å². The Labute approximate surface area is 162 Å². The number of hydrogen-bond acceptors (Lipinski definition) is 6. The Hall–Kier alpha value is -3.06. The predicted octanol–water partition coefficient (Wildman–Crippen LogP) is 2.51. The van der Waals surface area contributed by atoms with E-state index in [1.807, 2.05) is 24.3 Å². The first-order chi connectivity index (χ1) is 13.7. The van der Waals surface area contributed by atoms with Crippen LogP contribution in [0.2, 0.25) is 0 Å². The Morgan fingerprint density at radius 1 is 1.04 bits per heavy atom. The minimum atomic E-state index is -0.162. The van der Waals surface area contributed by atoms with E-state index in [-0.39, 0.29) is 11.7 Å². The quantitative estimate of drug-likeness (QED) is 0.732. The van der Waals surface area contributed by atoms with Crippen molar-refractivity contribution in [2.75, 3.05) is 27.3 Å². The molecule has 3 heterocycles. The maximum atomic E-state index is 12.7. The molecule has 1 aromatic carbocycles. The molecule has 2 aromatic heterocycles. The molecule has 0 aliphatic carbocycles. The van der Waals surface area contributed by atoms with E-state index in [1.165, 1.54) is 10.5 Å². The number of pyridine rings is 1. The molecule has 1 fully saturated rings. The molecule has 4 rings (SSSR count). The Morgan fingerprint density at radius 3 is 2.57 bits per heavy atom. The van der Waals surface area contributed by atoms with Gasteiger partial charge in [-0.05, 0) is 56.3 Å². The molecule has 0 amide bonds. The van der Waals surface area contributed by atoms with Crippen molar-refractivity contribution in [3.05, 3.63) is 52.9 Å². The summed E-state index contributed by atoms with van der Waals surface area (Å²) in [6.45, 7) is 1.91. The Kier molecular flexibility index (Phi) is 5.16. The Balaban J connectivity index is 1.67. The van der Waals surface area contributed by atoms with Crippen LogP contribution in [0.15, 0.2) is 47.4 Å². The molecule has 0 bridgehead atoms. The third-order valence-corrected chi connectivity index (χ3v) is 4.90.